The van der Waals surface area contributed by atoms with E-state index < -0.39 is 5.97 Å². The summed E-state index contributed by atoms with van der Waals surface area (Å²) in [5.41, 5.74) is 1.09. The van der Waals surface area contributed by atoms with Gasteiger partial charge in [0.1, 0.15) is 5.76 Å². The smallest absolute Gasteiger partial charge is 0.339 e. The van der Waals surface area contributed by atoms with Gasteiger partial charge in [0.15, 0.2) is 0 Å². The Hall–Kier alpha value is -2.76. The molecule has 0 spiro atoms. The number of esters is 1. The summed E-state index contributed by atoms with van der Waals surface area (Å²) in [5.74, 6) is 0.196. The number of anilines is 1. The summed E-state index contributed by atoms with van der Waals surface area (Å²) in [5, 5.41) is 5.82. The van der Waals surface area contributed by atoms with E-state index in [1.165, 1.54) is 7.11 Å². The number of ether oxygens (including phenoxy) is 1. The number of hydrogen-bond acceptors (Lipinski definition) is 5. The Morgan fingerprint density at radius 3 is 2.73 bits per heavy atom. The lowest BCUT2D eigenvalue weighted by Gasteiger charge is -2.10. The van der Waals surface area contributed by atoms with Gasteiger partial charge < -0.3 is 19.8 Å². The first-order chi connectivity index (χ1) is 10.7. The number of benzene rings is 1. The van der Waals surface area contributed by atoms with Crippen molar-refractivity contribution in [3.8, 4) is 0 Å². The summed E-state index contributed by atoms with van der Waals surface area (Å²) >= 11 is 0. The second-order valence-electron chi connectivity index (χ2n) is 4.57. The van der Waals surface area contributed by atoms with Gasteiger partial charge in [-0.3, -0.25) is 4.79 Å². The van der Waals surface area contributed by atoms with E-state index in [-0.39, 0.29) is 12.3 Å². The topological polar surface area (TPSA) is 80.6 Å². The van der Waals surface area contributed by atoms with Crippen LogP contribution in [0.4, 0.5) is 5.69 Å². The molecule has 116 valence electrons. The Balaban J connectivity index is 1.78. The van der Waals surface area contributed by atoms with Crippen molar-refractivity contribution in [2.24, 2.45) is 0 Å². The molecule has 0 saturated heterocycles. The summed E-state index contributed by atoms with van der Waals surface area (Å²) in [7, 11) is 1.33. The largest absolute Gasteiger partial charge is 0.467 e. The van der Waals surface area contributed by atoms with Crippen LogP contribution in [-0.4, -0.2) is 25.5 Å². The Kier molecular flexibility index (Phi) is 5.59. The van der Waals surface area contributed by atoms with Gasteiger partial charge in [0.05, 0.1) is 25.5 Å². The fraction of sp³-hybridized carbons (Fsp3) is 0.250. The quantitative estimate of drug-likeness (QED) is 0.766. The molecule has 0 saturated carbocycles. The van der Waals surface area contributed by atoms with E-state index in [2.05, 4.69) is 10.6 Å². The molecule has 0 atom stereocenters. The Labute approximate surface area is 128 Å². The number of para-hydroxylation sites is 1. The molecule has 1 aromatic carbocycles. The number of carbonyl (C=O) groups is 2. The summed E-state index contributed by atoms with van der Waals surface area (Å²) in [6.45, 7) is 0.780. The van der Waals surface area contributed by atoms with Gasteiger partial charge in [-0.15, -0.1) is 0 Å². The van der Waals surface area contributed by atoms with Crippen LogP contribution in [0.3, 0.4) is 0 Å². The molecule has 1 amide bonds. The fourth-order valence-electron chi connectivity index (χ4n) is 1.92. The van der Waals surface area contributed by atoms with E-state index in [0.29, 0.717) is 30.1 Å². The minimum atomic E-state index is -0.412. The number of hydrogen-bond donors (Lipinski definition) is 2. The molecule has 6 nitrogen and oxygen atoms in total. The number of rotatable bonds is 7. The summed E-state index contributed by atoms with van der Waals surface area (Å²) in [4.78, 5) is 23.3. The van der Waals surface area contributed by atoms with Crippen molar-refractivity contribution in [1.29, 1.82) is 0 Å². The van der Waals surface area contributed by atoms with Gasteiger partial charge in [-0.05, 0) is 24.3 Å². The molecule has 2 aromatic rings. The monoisotopic (exact) mass is 302 g/mol. The Morgan fingerprint density at radius 2 is 2.00 bits per heavy atom. The highest BCUT2D eigenvalue weighted by Gasteiger charge is 2.10. The van der Waals surface area contributed by atoms with Gasteiger partial charge >= 0.3 is 5.97 Å². The predicted molar refractivity (Wildman–Crippen MR) is 81.4 cm³/mol. The molecular weight excluding hydrogens is 284 g/mol. The lowest BCUT2D eigenvalue weighted by atomic mass is 10.2. The first kappa shape index (κ1) is 15.6. The van der Waals surface area contributed by atoms with Crippen molar-refractivity contribution in [2.45, 2.75) is 13.0 Å². The zero-order valence-corrected chi connectivity index (χ0v) is 12.3. The summed E-state index contributed by atoms with van der Waals surface area (Å²) < 4.78 is 9.85. The molecule has 1 heterocycles. The van der Waals surface area contributed by atoms with Crippen molar-refractivity contribution in [1.82, 2.24) is 5.32 Å². The van der Waals surface area contributed by atoms with Crippen molar-refractivity contribution in [2.75, 3.05) is 19.0 Å². The molecule has 6 heteroatoms. The highest BCUT2D eigenvalue weighted by atomic mass is 16.5. The fourth-order valence-corrected chi connectivity index (χ4v) is 1.92. The molecule has 0 fully saturated rings. The van der Waals surface area contributed by atoms with Crippen LogP contribution >= 0.6 is 0 Å². The van der Waals surface area contributed by atoms with Crippen LogP contribution in [0.15, 0.2) is 47.1 Å². The van der Waals surface area contributed by atoms with Gasteiger partial charge in [0.2, 0.25) is 5.91 Å². The minimum absolute atomic E-state index is 0.0977. The molecule has 2 rings (SSSR count). The van der Waals surface area contributed by atoms with E-state index in [4.69, 9.17) is 9.15 Å². The van der Waals surface area contributed by atoms with Crippen LogP contribution in [-0.2, 0) is 16.1 Å². The first-order valence-corrected chi connectivity index (χ1v) is 6.91. The number of furan rings is 1. The minimum Gasteiger partial charge on any atom is -0.467 e. The van der Waals surface area contributed by atoms with Crippen molar-refractivity contribution >= 4 is 17.6 Å². The second kappa shape index (κ2) is 7.87. The SMILES string of the molecule is COC(=O)c1ccccc1NCCC(=O)NCc1ccco1. The molecule has 22 heavy (non-hydrogen) atoms. The molecule has 0 aliphatic heterocycles. The molecule has 0 aliphatic rings. The van der Waals surface area contributed by atoms with Crippen molar-refractivity contribution in [3.05, 3.63) is 54.0 Å². The molecule has 1 aromatic heterocycles. The third-order valence-corrected chi connectivity index (χ3v) is 3.04. The Morgan fingerprint density at radius 1 is 1.18 bits per heavy atom. The molecule has 0 radical (unpaired) electrons. The third kappa shape index (κ3) is 4.37. The zero-order valence-electron chi connectivity index (χ0n) is 12.3. The zero-order chi connectivity index (χ0) is 15.8. The first-order valence-electron chi connectivity index (χ1n) is 6.91. The molecule has 0 aliphatic carbocycles. The molecule has 0 bridgehead atoms. The summed E-state index contributed by atoms with van der Waals surface area (Å²) in [6, 6.07) is 10.6. The van der Waals surface area contributed by atoms with E-state index >= 15 is 0 Å². The van der Waals surface area contributed by atoms with Gasteiger partial charge in [-0.1, -0.05) is 12.1 Å². The average molecular weight is 302 g/mol. The average Bonchev–Trinajstić information content (AvgIpc) is 3.06. The van der Waals surface area contributed by atoms with E-state index in [0.717, 1.165) is 0 Å². The lowest BCUT2D eigenvalue weighted by molar-refractivity contribution is -0.121. The molecule has 2 N–H and O–H groups in total. The lowest BCUT2D eigenvalue weighted by Crippen LogP contribution is -2.24. The van der Waals surface area contributed by atoms with Crippen LogP contribution in [0.2, 0.25) is 0 Å². The third-order valence-electron chi connectivity index (χ3n) is 3.04. The summed E-state index contributed by atoms with van der Waals surface area (Å²) in [6.07, 6.45) is 1.85. The van der Waals surface area contributed by atoms with Crippen LogP contribution < -0.4 is 10.6 Å². The number of carbonyl (C=O) groups excluding carboxylic acids is 2. The van der Waals surface area contributed by atoms with Gasteiger partial charge in [0, 0.05) is 18.7 Å². The highest BCUT2D eigenvalue weighted by molar-refractivity contribution is 5.95. The van der Waals surface area contributed by atoms with E-state index in [1.807, 2.05) is 6.07 Å². The van der Waals surface area contributed by atoms with E-state index in [1.54, 1.807) is 36.6 Å². The second-order valence-corrected chi connectivity index (χ2v) is 4.57. The Bertz CT molecular complexity index is 623. The van der Waals surface area contributed by atoms with Crippen LogP contribution in [0.25, 0.3) is 0 Å². The molecular formula is C16H18N2O4. The van der Waals surface area contributed by atoms with Gasteiger partial charge in [-0.25, -0.2) is 4.79 Å². The number of nitrogens with one attached hydrogen (secondary N) is 2. The number of methoxy groups -OCH3 is 1. The maximum atomic E-state index is 11.7. The highest BCUT2D eigenvalue weighted by Crippen LogP contribution is 2.15. The van der Waals surface area contributed by atoms with Crippen molar-refractivity contribution in [3.63, 3.8) is 0 Å². The van der Waals surface area contributed by atoms with E-state index in [9.17, 15) is 9.59 Å². The van der Waals surface area contributed by atoms with Crippen LogP contribution in [0.5, 0.6) is 0 Å². The maximum Gasteiger partial charge on any atom is 0.339 e. The van der Waals surface area contributed by atoms with Crippen LogP contribution in [0.1, 0.15) is 22.5 Å². The van der Waals surface area contributed by atoms with Gasteiger partial charge in [0.25, 0.3) is 0 Å². The molecule has 0 unspecified atom stereocenters. The standard InChI is InChI=1S/C16H18N2O4/c1-21-16(20)13-6-2-3-7-14(13)17-9-8-15(19)18-11-12-5-4-10-22-12/h2-7,10,17H,8-9,11H2,1H3,(H,18,19). The normalized spacial score (nSPS) is 10.0. The van der Waals surface area contributed by atoms with Crippen molar-refractivity contribution < 1.29 is 18.7 Å². The van der Waals surface area contributed by atoms with Crippen LogP contribution in [0, 0.1) is 0 Å². The number of amides is 1. The van der Waals surface area contributed by atoms with Gasteiger partial charge in [-0.2, -0.15) is 0 Å². The maximum absolute atomic E-state index is 11.7. The predicted octanol–water partition coefficient (Wildman–Crippen LogP) is 2.18.